The molecule has 0 saturated carbocycles. The summed E-state index contributed by atoms with van der Waals surface area (Å²) in [5.41, 5.74) is 0. The maximum Gasteiger partial charge on any atom is 0.241 e. The van der Waals surface area contributed by atoms with Gasteiger partial charge in [0.25, 0.3) is 0 Å². The topological polar surface area (TPSA) is 75.5 Å². The number of hydrogen-bond acceptors (Lipinski definition) is 4. The van der Waals surface area contributed by atoms with Crippen molar-refractivity contribution in [3.8, 4) is 0 Å². The lowest BCUT2D eigenvalue weighted by atomic mass is 10.0. The molecular weight excluding hydrogens is 316 g/mol. The Kier molecular flexibility index (Phi) is 4.46. The highest BCUT2D eigenvalue weighted by atomic mass is 32.2. The predicted octanol–water partition coefficient (Wildman–Crippen LogP) is 0.779. The van der Waals surface area contributed by atoms with Gasteiger partial charge in [-0.3, -0.25) is 4.79 Å². The number of hydrogen-bond donors (Lipinski definition) is 0. The van der Waals surface area contributed by atoms with E-state index in [1.54, 1.807) is 6.20 Å². The van der Waals surface area contributed by atoms with Crippen molar-refractivity contribution in [2.24, 2.45) is 0 Å². The van der Waals surface area contributed by atoms with Crippen LogP contribution in [0.2, 0.25) is 0 Å². The Bertz CT molecular complexity index is 685. The van der Waals surface area contributed by atoms with Crippen molar-refractivity contribution in [3.05, 3.63) is 18.2 Å². The molecule has 0 bridgehead atoms. The molecule has 2 aliphatic rings. The van der Waals surface area contributed by atoms with Crippen LogP contribution in [0.15, 0.2) is 12.4 Å². The van der Waals surface area contributed by atoms with E-state index in [0.29, 0.717) is 26.1 Å². The van der Waals surface area contributed by atoms with Gasteiger partial charge in [-0.1, -0.05) is 0 Å². The fraction of sp³-hybridized carbons (Fsp3) is 0.733. The number of piperidine rings is 1. The van der Waals surface area contributed by atoms with Crippen LogP contribution in [0.4, 0.5) is 0 Å². The van der Waals surface area contributed by atoms with Crippen molar-refractivity contribution in [2.75, 3.05) is 25.9 Å². The number of sulfonamides is 1. The molecule has 0 spiro atoms. The Balaban J connectivity index is 1.74. The van der Waals surface area contributed by atoms with E-state index in [9.17, 15) is 13.2 Å². The lowest BCUT2D eigenvalue weighted by molar-refractivity contribution is -0.136. The van der Waals surface area contributed by atoms with E-state index < -0.39 is 16.1 Å². The van der Waals surface area contributed by atoms with Crippen molar-refractivity contribution in [1.29, 1.82) is 0 Å². The van der Waals surface area contributed by atoms with Gasteiger partial charge in [0.1, 0.15) is 11.9 Å². The fourth-order valence-corrected chi connectivity index (χ4v) is 4.87. The van der Waals surface area contributed by atoms with Gasteiger partial charge in [-0.05, 0) is 32.6 Å². The summed E-state index contributed by atoms with van der Waals surface area (Å²) in [6.07, 6.45) is 8.23. The van der Waals surface area contributed by atoms with Crippen LogP contribution in [0.1, 0.15) is 37.5 Å². The van der Waals surface area contributed by atoms with Crippen molar-refractivity contribution >= 4 is 15.9 Å². The Hall–Kier alpha value is -1.41. The largest absolute Gasteiger partial charge is 0.339 e. The minimum atomic E-state index is -3.33. The molecule has 0 N–H and O–H groups in total. The van der Waals surface area contributed by atoms with Gasteiger partial charge >= 0.3 is 0 Å². The maximum absolute atomic E-state index is 12.9. The average molecular weight is 340 g/mol. The quantitative estimate of drug-likeness (QED) is 0.815. The number of likely N-dealkylation sites (tertiary alicyclic amines) is 1. The van der Waals surface area contributed by atoms with Gasteiger partial charge in [-0.2, -0.15) is 4.31 Å². The molecule has 7 nitrogen and oxygen atoms in total. The second-order valence-electron chi connectivity index (χ2n) is 6.49. The van der Waals surface area contributed by atoms with Crippen molar-refractivity contribution in [1.82, 2.24) is 18.8 Å². The number of nitrogens with zero attached hydrogens (tertiary/aromatic N) is 4. The van der Waals surface area contributed by atoms with Crippen LogP contribution in [0.3, 0.4) is 0 Å². The zero-order valence-electron chi connectivity index (χ0n) is 13.7. The molecule has 0 aliphatic carbocycles. The molecule has 0 aromatic carbocycles. The second-order valence-corrected chi connectivity index (χ2v) is 8.43. The first-order valence-corrected chi connectivity index (χ1v) is 9.98. The molecule has 8 heteroatoms. The second kappa shape index (κ2) is 6.24. The summed E-state index contributed by atoms with van der Waals surface area (Å²) in [4.78, 5) is 18.9. The van der Waals surface area contributed by atoms with Crippen LogP contribution >= 0.6 is 0 Å². The average Bonchev–Trinajstić information content (AvgIpc) is 3.14. The van der Waals surface area contributed by atoms with Gasteiger partial charge < -0.3 is 9.47 Å². The number of amides is 1. The van der Waals surface area contributed by atoms with E-state index in [0.717, 1.165) is 25.1 Å². The molecular formula is C15H24N4O3S. The number of rotatable bonds is 3. The van der Waals surface area contributed by atoms with Gasteiger partial charge in [-0.25, -0.2) is 13.4 Å². The van der Waals surface area contributed by atoms with Crippen LogP contribution in [0.5, 0.6) is 0 Å². The highest BCUT2D eigenvalue weighted by Crippen LogP contribution is 2.27. The molecule has 23 heavy (non-hydrogen) atoms. The molecule has 2 aliphatic heterocycles. The normalized spacial score (nSPS) is 26.6. The Morgan fingerprint density at radius 2 is 2.00 bits per heavy atom. The first-order valence-electron chi connectivity index (χ1n) is 8.13. The lowest BCUT2D eigenvalue weighted by Crippen LogP contribution is -2.50. The van der Waals surface area contributed by atoms with Crippen LogP contribution in [0.25, 0.3) is 0 Å². The highest BCUT2D eigenvalue weighted by molar-refractivity contribution is 7.88. The summed E-state index contributed by atoms with van der Waals surface area (Å²) in [6, 6.07) is -0.295. The van der Waals surface area contributed by atoms with Crippen LogP contribution in [-0.4, -0.2) is 65.0 Å². The molecule has 2 atom stereocenters. The molecule has 1 aromatic rings. The van der Waals surface area contributed by atoms with Gasteiger partial charge in [0, 0.05) is 32.0 Å². The third-order valence-corrected chi connectivity index (χ3v) is 6.17. The Morgan fingerprint density at radius 1 is 1.26 bits per heavy atom. The minimum Gasteiger partial charge on any atom is -0.339 e. The van der Waals surface area contributed by atoms with Crippen molar-refractivity contribution < 1.29 is 13.2 Å². The summed E-state index contributed by atoms with van der Waals surface area (Å²) >= 11 is 0. The van der Waals surface area contributed by atoms with Gasteiger partial charge in [0.15, 0.2) is 0 Å². The minimum absolute atomic E-state index is 0.0459. The van der Waals surface area contributed by atoms with Gasteiger partial charge in [0.05, 0.1) is 12.3 Å². The summed E-state index contributed by atoms with van der Waals surface area (Å²) in [7, 11) is -3.33. The summed E-state index contributed by atoms with van der Waals surface area (Å²) in [6.45, 7) is 3.75. The SMILES string of the molecule is Cc1nccn1[C@@H]1CCCN(C(=O)[C@H]2CCCN2S(C)(=O)=O)C1. The third kappa shape index (κ3) is 3.28. The Morgan fingerprint density at radius 3 is 2.65 bits per heavy atom. The molecule has 3 rings (SSSR count). The number of aryl methyl sites for hydroxylation is 1. The van der Waals surface area contributed by atoms with Crippen molar-refractivity contribution in [2.45, 2.75) is 44.7 Å². The van der Waals surface area contributed by atoms with E-state index in [2.05, 4.69) is 9.55 Å². The number of carbonyl (C=O) groups excluding carboxylic acids is 1. The smallest absolute Gasteiger partial charge is 0.241 e. The van der Waals surface area contributed by atoms with Gasteiger partial charge in [-0.15, -0.1) is 0 Å². The number of carbonyl (C=O) groups is 1. The van der Waals surface area contributed by atoms with E-state index in [-0.39, 0.29) is 11.9 Å². The van der Waals surface area contributed by atoms with E-state index in [1.807, 2.05) is 18.0 Å². The fourth-order valence-electron chi connectivity index (χ4n) is 3.75. The molecule has 3 heterocycles. The van der Waals surface area contributed by atoms with Crippen LogP contribution < -0.4 is 0 Å². The standard InChI is InChI=1S/C15H24N4O3S/c1-12-16-7-10-18(12)13-5-3-8-17(11-13)15(20)14-6-4-9-19(14)23(2,21)22/h7,10,13-14H,3-6,8-9,11H2,1-2H3/t13-,14-/m1/s1. The van der Waals surface area contributed by atoms with Gasteiger partial charge in [0.2, 0.25) is 15.9 Å². The Labute approximate surface area is 137 Å². The molecule has 0 unspecified atom stereocenters. The zero-order valence-corrected chi connectivity index (χ0v) is 14.5. The van der Waals surface area contributed by atoms with Crippen molar-refractivity contribution in [3.63, 3.8) is 0 Å². The van der Waals surface area contributed by atoms with Crippen LogP contribution in [0, 0.1) is 6.92 Å². The molecule has 2 saturated heterocycles. The summed E-state index contributed by atoms with van der Waals surface area (Å²) in [5, 5.41) is 0. The van der Waals surface area contributed by atoms with E-state index in [4.69, 9.17) is 0 Å². The predicted molar refractivity (Wildman–Crippen MR) is 86.4 cm³/mol. The summed E-state index contributed by atoms with van der Waals surface area (Å²) < 4.78 is 27.2. The maximum atomic E-state index is 12.9. The summed E-state index contributed by atoms with van der Waals surface area (Å²) in [5.74, 6) is 0.901. The number of aromatic nitrogens is 2. The molecule has 128 valence electrons. The molecule has 0 radical (unpaired) electrons. The molecule has 1 aromatic heterocycles. The monoisotopic (exact) mass is 340 g/mol. The van der Waals surface area contributed by atoms with E-state index in [1.165, 1.54) is 10.6 Å². The zero-order chi connectivity index (χ0) is 16.6. The highest BCUT2D eigenvalue weighted by Gasteiger charge is 2.39. The molecule has 2 fully saturated rings. The first-order chi connectivity index (χ1) is 10.9. The number of imidazole rings is 1. The lowest BCUT2D eigenvalue weighted by Gasteiger charge is -2.36. The third-order valence-electron chi connectivity index (χ3n) is 4.88. The van der Waals surface area contributed by atoms with E-state index >= 15 is 0 Å². The van der Waals surface area contributed by atoms with Crippen LogP contribution in [-0.2, 0) is 14.8 Å². The molecule has 1 amide bonds. The first kappa shape index (κ1) is 16.4.